The molecule has 1 aromatic carbocycles. The summed E-state index contributed by atoms with van der Waals surface area (Å²) in [5, 5.41) is 3.41. The number of rotatable bonds is 7. The first-order valence-electron chi connectivity index (χ1n) is 12.6. The van der Waals surface area contributed by atoms with E-state index >= 15 is 0 Å². The number of carbonyl (C=O) groups excluding carboxylic acids is 2. The first-order valence-corrected chi connectivity index (χ1v) is 12.6. The van der Waals surface area contributed by atoms with E-state index in [1.165, 1.54) is 0 Å². The lowest BCUT2D eigenvalue weighted by atomic mass is 9.75. The minimum Gasteiger partial charge on any atom is -0.469 e. The second kappa shape index (κ2) is 10.8. The van der Waals surface area contributed by atoms with Crippen molar-refractivity contribution in [2.24, 2.45) is 23.7 Å². The maximum atomic E-state index is 13.9. The quantitative estimate of drug-likeness (QED) is 0.560. The average Bonchev–Trinajstić information content (AvgIpc) is 3.47. The molecule has 2 aliphatic rings. The van der Waals surface area contributed by atoms with Crippen LogP contribution in [0.25, 0.3) is 0 Å². The summed E-state index contributed by atoms with van der Waals surface area (Å²) in [5.74, 6) is 0.0812. The van der Waals surface area contributed by atoms with Crippen molar-refractivity contribution < 1.29 is 23.5 Å². The van der Waals surface area contributed by atoms with Crippen LogP contribution in [0.5, 0.6) is 0 Å². The normalized spacial score (nSPS) is 31.4. The van der Waals surface area contributed by atoms with Crippen LogP contribution in [-0.2, 0) is 19.1 Å². The Morgan fingerprint density at radius 3 is 2.50 bits per heavy atom. The third-order valence-corrected chi connectivity index (χ3v) is 7.54. The van der Waals surface area contributed by atoms with Gasteiger partial charge < -0.3 is 13.9 Å². The second-order valence-electron chi connectivity index (χ2n) is 10.2. The van der Waals surface area contributed by atoms with E-state index in [9.17, 15) is 9.59 Å². The van der Waals surface area contributed by atoms with Crippen LogP contribution in [0.15, 0.2) is 53.1 Å². The van der Waals surface area contributed by atoms with Crippen molar-refractivity contribution in [3.8, 4) is 0 Å². The molecule has 0 amide bonds. The van der Waals surface area contributed by atoms with Gasteiger partial charge in [-0.3, -0.25) is 14.9 Å². The molecule has 4 rings (SSSR count). The molecule has 1 N–H and O–H groups in total. The Bertz CT molecular complexity index is 941. The molecule has 0 spiro atoms. The first-order chi connectivity index (χ1) is 16.4. The van der Waals surface area contributed by atoms with Crippen LogP contribution in [0.2, 0.25) is 0 Å². The molecule has 6 nitrogen and oxygen atoms in total. The lowest BCUT2D eigenvalue weighted by Gasteiger charge is -2.37. The SMILES string of the molecule is CCOC(=O)[C@H]1N[C@@H](c2ccccc2)[C@H](C(=O)O[C@@H]2C[C@H](C)CC[C@H]2C(C)C)[C@H]1c1ccco1. The molecular weight excluding hydrogens is 430 g/mol. The molecule has 2 heterocycles. The number of benzene rings is 1. The minimum atomic E-state index is -0.708. The highest BCUT2D eigenvalue weighted by Gasteiger charge is 2.54. The Morgan fingerprint density at radius 2 is 1.85 bits per heavy atom. The highest BCUT2D eigenvalue weighted by Crippen LogP contribution is 2.46. The van der Waals surface area contributed by atoms with E-state index in [1.807, 2.05) is 36.4 Å². The van der Waals surface area contributed by atoms with Crippen molar-refractivity contribution in [1.29, 1.82) is 0 Å². The number of furan rings is 1. The summed E-state index contributed by atoms with van der Waals surface area (Å²) in [7, 11) is 0. The predicted molar refractivity (Wildman–Crippen MR) is 129 cm³/mol. The van der Waals surface area contributed by atoms with Crippen molar-refractivity contribution in [2.45, 2.75) is 71.1 Å². The fraction of sp³-hybridized carbons (Fsp3) is 0.571. The predicted octanol–water partition coefficient (Wildman–Crippen LogP) is 5.26. The van der Waals surface area contributed by atoms with Crippen molar-refractivity contribution in [2.75, 3.05) is 6.61 Å². The molecule has 2 aromatic rings. The van der Waals surface area contributed by atoms with E-state index in [0.29, 0.717) is 23.5 Å². The third kappa shape index (κ3) is 5.07. The Balaban J connectivity index is 1.70. The number of hydrogen-bond donors (Lipinski definition) is 1. The van der Waals surface area contributed by atoms with Crippen LogP contribution in [-0.4, -0.2) is 30.7 Å². The maximum Gasteiger partial charge on any atom is 0.323 e. The molecule has 1 aliphatic carbocycles. The van der Waals surface area contributed by atoms with Gasteiger partial charge in [-0.2, -0.15) is 0 Å². The number of ether oxygens (including phenoxy) is 2. The van der Waals surface area contributed by atoms with Gasteiger partial charge in [-0.25, -0.2) is 0 Å². The zero-order chi connectivity index (χ0) is 24.2. The van der Waals surface area contributed by atoms with Gasteiger partial charge in [0.25, 0.3) is 0 Å². The molecule has 6 heteroatoms. The van der Waals surface area contributed by atoms with E-state index in [0.717, 1.165) is 24.8 Å². The molecule has 2 fully saturated rings. The molecule has 0 radical (unpaired) electrons. The van der Waals surface area contributed by atoms with E-state index in [4.69, 9.17) is 13.9 Å². The van der Waals surface area contributed by atoms with E-state index in [2.05, 4.69) is 26.1 Å². The van der Waals surface area contributed by atoms with Gasteiger partial charge in [0.2, 0.25) is 0 Å². The van der Waals surface area contributed by atoms with Gasteiger partial charge in [-0.05, 0) is 55.2 Å². The van der Waals surface area contributed by atoms with Gasteiger partial charge >= 0.3 is 11.9 Å². The number of hydrogen-bond acceptors (Lipinski definition) is 6. The molecule has 34 heavy (non-hydrogen) atoms. The zero-order valence-corrected chi connectivity index (χ0v) is 20.6. The summed E-state index contributed by atoms with van der Waals surface area (Å²) >= 11 is 0. The van der Waals surface area contributed by atoms with Crippen LogP contribution in [0.4, 0.5) is 0 Å². The molecule has 1 saturated carbocycles. The summed E-state index contributed by atoms with van der Waals surface area (Å²) in [6.07, 6.45) is 4.56. The summed E-state index contributed by atoms with van der Waals surface area (Å²) < 4.78 is 17.5. The van der Waals surface area contributed by atoms with Crippen LogP contribution < -0.4 is 5.32 Å². The van der Waals surface area contributed by atoms with E-state index < -0.39 is 23.9 Å². The van der Waals surface area contributed by atoms with E-state index in [-0.39, 0.29) is 24.6 Å². The van der Waals surface area contributed by atoms with Crippen LogP contribution in [0.3, 0.4) is 0 Å². The number of nitrogens with one attached hydrogen (secondary N) is 1. The largest absolute Gasteiger partial charge is 0.469 e. The fourth-order valence-electron chi connectivity index (χ4n) is 5.81. The summed E-state index contributed by atoms with van der Waals surface area (Å²) in [4.78, 5) is 26.9. The molecule has 1 saturated heterocycles. The molecule has 1 aliphatic heterocycles. The Morgan fingerprint density at radius 1 is 1.09 bits per heavy atom. The van der Waals surface area contributed by atoms with Crippen LogP contribution in [0, 0.1) is 23.7 Å². The molecule has 0 unspecified atom stereocenters. The maximum absolute atomic E-state index is 13.9. The lowest BCUT2D eigenvalue weighted by Crippen LogP contribution is -2.39. The van der Waals surface area contributed by atoms with Crippen molar-refractivity contribution >= 4 is 11.9 Å². The van der Waals surface area contributed by atoms with Crippen LogP contribution >= 0.6 is 0 Å². The summed E-state index contributed by atoms with van der Waals surface area (Å²) in [6, 6.07) is 12.3. The molecular formula is C28H37NO5. The van der Waals surface area contributed by atoms with Gasteiger partial charge in [-0.15, -0.1) is 0 Å². The Labute approximate surface area is 202 Å². The zero-order valence-electron chi connectivity index (χ0n) is 20.6. The molecule has 1 aromatic heterocycles. The summed E-state index contributed by atoms with van der Waals surface area (Å²) in [6.45, 7) is 8.68. The number of esters is 2. The molecule has 184 valence electrons. The standard InChI is InChI=1S/C28H37NO5/c1-5-32-28(31)26-23(21-12-9-15-33-21)24(25(29-26)19-10-7-6-8-11-19)27(30)34-22-16-18(4)13-14-20(22)17(2)3/h6-12,15,17-18,20,22-26,29H,5,13-14,16H2,1-4H3/t18-,20+,22-,23-,24-,25+,26+/m1/s1. The van der Waals surface area contributed by atoms with Gasteiger partial charge in [0.05, 0.1) is 24.7 Å². The van der Waals surface area contributed by atoms with Crippen molar-refractivity contribution in [1.82, 2.24) is 5.32 Å². The Hall–Kier alpha value is -2.60. The highest BCUT2D eigenvalue weighted by molar-refractivity contribution is 5.83. The lowest BCUT2D eigenvalue weighted by molar-refractivity contribution is -0.162. The topological polar surface area (TPSA) is 77.8 Å². The highest BCUT2D eigenvalue weighted by atomic mass is 16.5. The smallest absolute Gasteiger partial charge is 0.323 e. The fourth-order valence-corrected chi connectivity index (χ4v) is 5.81. The Kier molecular flexibility index (Phi) is 7.77. The van der Waals surface area contributed by atoms with Gasteiger partial charge in [-0.1, -0.05) is 57.5 Å². The van der Waals surface area contributed by atoms with Gasteiger partial charge in [0.15, 0.2) is 0 Å². The van der Waals surface area contributed by atoms with Gasteiger partial charge in [0, 0.05) is 6.04 Å². The summed E-state index contributed by atoms with van der Waals surface area (Å²) in [5.41, 5.74) is 0.935. The van der Waals surface area contributed by atoms with E-state index in [1.54, 1.807) is 19.3 Å². The molecule has 7 atom stereocenters. The number of carbonyl (C=O) groups is 2. The minimum absolute atomic E-state index is 0.119. The first kappa shape index (κ1) is 24.5. The van der Waals surface area contributed by atoms with Crippen molar-refractivity contribution in [3.63, 3.8) is 0 Å². The van der Waals surface area contributed by atoms with Crippen molar-refractivity contribution in [3.05, 3.63) is 60.1 Å². The molecule has 0 bridgehead atoms. The van der Waals surface area contributed by atoms with Gasteiger partial charge in [0.1, 0.15) is 17.9 Å². The van der Waals surface area contributed by atoms with Crippen LogP contribution in [0.1, 0.15) is 70.2 Å². The second-order valence-corrected chi connectivity index (χ2v) is 10.2. The average molecular weight is 468 g/mol. The third-order valence-electron chi connectivity index (χ3n) is 7.54. The monoisotopic (exact) mass is 467 g/mol.